The van der Waals surface area contributed by atoms with Gasteiger partial charge >= 0.3 is 16.3 Å². The number of carbonyl (C=O) groups excluding carboxylic acids is 1. The second-order valence-electron chi connectivity index (χ2n) is 6.76. The van der Waals surface area contributed by atoms with Crippen LogP contribution < -0.4 is 19.1 Å². The maximum Gasteiger partial charge on any atom is 0.404 e. The summed E-state index contributed by atoms with van der Waals surface area (Å²) >= 11 is 0. The molecule has 1 atom stereocenters. The molecule has 0 saturated carbocycles. The normalized spacial score (nSPS) is 19.9. The molecule has 1 fully saturated rings. The number of fused-ring (bicyclic) bond motifs is 1. The zero-order chi connectivity index (χ0) is 21.9. The number of ether oxygens (including phenoxy) is 3. The lowest BCUT2D eigenvalue weighted by Gasteiger charge is -2.28. The molecule has 0 bridgehead atoms. The molecule has 1 aromatic carbocycles. The minimum atomic E-state index is -4.29. The van der Waals surface area contributed by atoms with Crippen molar-refractivity contribution in [3.63, 3.8) is 0 Å². The third-order valence-corrected chi connectivity index (χ3v) is 6.12. The van der Waals surface area contributed by atoms with Gasteiger partial charge in [-0.2, -0.15) is 8.42 Å². The zero-order valence-corrected chi connectivity index (χ0v) is 17.0. The van der Waals surface area contributed by atoms with Crippen molar-refractivity contribution >= 4 is 27.9 Å². The van der Waals surface area contributed by atoms with Crippen molar-refractivity contribution < 1.29 is 41.7 Å². The average Bonchev–Trinajstić information content (AvgIpc) is 2.93. The maximum absolute atomic E-state index is 15.5. The van der Waals surface area contributed by atoms with Crippen LogP contribution in [0.3, 0.4) is 0 Å². The van der Waals surface area contributed by atoms with Crippen LogP contribution in [0.15, 0.2) is 6.07 Å². The Kier molecular flexibility index (Phi) is 6.63. The number of carboxylic acid groups (broad SMARTS) is 1. The van der Waals surface area contributed by atoms with E-state index in [2.05, 4.69) is 5.32 Å². The summed E-state index contributed by atoms with van der Waals surface area (Å²) in [5, 5.41) is 11.2. The first-order valence-corrected chi connectivity index (χ1v) is 10.5. The smallest absolute Gasteiger partial charge is 0.404 e. The fraction of sp³-hybridized carbons (Fsp3) is 0.529. The molecule has 0 radical (unpaired) electrons. The van der Waals surface area contributed by atoms with E-state index < -0.39 is 46.3 Å². The molecular weight excluding hydrogens is 425 g/mol. The van der Waals surface area contributed by atoms with Crippen LogP contribution in [0, 0.1) is 5.82 Å². The molecule has 0 spiro atoms. The largest absolute Gasteiger partial charge is 0.465 e. The highest BCUT2D eigenvalue weighted by Crippen LogP contribution is 2.40. The van der Waals surface area contributed by atoms with E-state index in [0.717, 1.165) is 0 Å². The highest BCUT2D eigenvalue weighted by Gasteiger charge is 2.39. The third-order valence-electron chi connectivity index (χ3n) is 4.74. The monoisotopic (exact) mass is 447 g/mol. The van der Waals surface area contributed by atoms with E-state index in [-0.39, 0.29) is 31.1 Å². The Hall–Kier alpha value is -2.64. The van der Waals surface area contributed by atoms with Crippen LogP contribution in [0.4, 0.5) is 14.9 Å². The summed E-state index contributed by atoms with van der Waals surface area (Å²) in [6.45, 7) is -0.363. The van der Waals surface area contributed by atoms with Crippen LogP contribution >= 0.6 is 0 Å². The summed E-state index contributed by atoms with van der Waals surface area (Å²) in [5.74, 6) is -1.77. The van der Waals surface area contributed by atoms with E-state index in [1.807, 2.05) is 0 Å². The summed E-state index contributed by atoms with van der Waals surface area (Å²) in [4.78, 5) is 22.6. The molecule has 0 aromatic heterocycles. The average molecular weight is 447 g/mol. The van der Waals surface area contributed by atoms with Crippen molar-refractivity contribution in [3.8, 4) is 5.75 Å². The van der Waals surface area contributed by atoms with Crippen molar-refractivity contribution in [2.24, 2.45) is 0 Å². The molecule has 1 aliphatic carbocycles. The number of nitrogens with one attached hydrogen (secondary N) is 2. The molecule has 1 aromatic rings. The summed E-state index contributed by atoms with van der Waals surface area (Å²) in [5.41, 5.74) is 0.332. The Balaban J connectivity index is 1.96. The number of carbonyl (C=O) groups is 2. The Morgan fingerprint density at radius 3 is 2.83 bits per heavy atom. The molecule has 13 heteroatoms. The molecule has 1 aliphatic heterocycles. The predicted octanol–water partition coefficient (Wildman–Crippen LogP) is 0.131. The van der Waals surface area contributed by atoms with Gasteiger partial charge in [0.2, 0.25) is 0 Å². The maximum atomic E-state index is 15.5. The highest BCUT2D eigenvalue weighted by atomic mass is 32.2. The predicted molar refractivity (Wildman–Crippen MR) is 101 cm³/mol. The molecule has 11 nitrogen and oxygen atoms in total. The molecule has 1 heterocycles. The molecule has 3 N–H and O–H groups in total. The van der Waals surface area contributed by atoms with E-state index in [4.69, 9.17) is 19.3 Å². The number of methoxy groups -OCH3 is 1. The standard InChI is InChI=1S/C17H22FN3O8S/c1-27-4-5-28-9-29-13-6-10-2-3-11(19-17(23)24)7-12(10)15(18)16(13)21-8-14(22)20-30(21,25)26/h6,11,19H,2-5,7-9H2,1H3,(H,20,22)(H,23,24)/t11-/m1/s1. The van der Waals surface area contributed by atoms with Gasteiger partial charge in [-0.05, 0) is 36.5 Å². The van der Waals surface area contributed by atoms with Crippen LogP contribution in [0.5, 0.6) is 5.75 Å². The Bertz CT molecular complexity index is 939. The third kappa shape index (κ3) is 4.74. The SMILES string of the molecule is COCCOCOc1cc2c(c(F)c1N1CC(=O)NS1(=O)=O)C[C@H](NC(=O)O)CC2. The molecular formula is C17H22FN3O8S. The van der Waals surface area contributed by atoms with E-state index in [1.54, 1.807) is 4.72 Å². The Morgan fingerprint density at radius 2 is 2.20 bits per heavy atom. The minimum absolute atomic E-state index is 0.0420. The lowest BCUT2D eigenvalue weighted by Crippen LogP contribution is -2.38. The number of hydrogen-bond donors (Lipinski definition) is 3. The van der Waals surface area contributed by atoms with Gasteiger partial charge in [-0.15, -0.1) is 0 Å². The van der Waals surface area contributed by atoms with Crippen LogP contribution in [0.1, 0.15) is 17.5 Å². The number of aryl methyl sites for hydroxylation is 1. The van der Waals surface area contributed by atoms with E-state index in [9.17, 15) is 18.0 Å². The fourth-order valence-electron chi connectivity index (χ4n) is 3.42. The van der Waals surface area contributed by atoms with Crippen LogP contribution in [-0.4, -0.2) is 65.2 Å². The number of amides is 2. The number of hydrogen-bond acceptors (Lipinski definition) is 7. The van der Waals surface area contributed by atoms with Crippen molar-refractivity contribution in [3.05, 3.63) is 23.0 Å². The van der Waals surface area contributed by atoms with Gasteiger partial charge in [0.1, 0.15) is 18.0 Å². The van der Waals surface area contributed by atoms with E-state index in [1.165, 1.54) is 13.2 Å². The second-order valence-corrected chi connectivity index (χ2v) is 8.36. The summed E-state index contributed by atoms with van der Waals surface area (Å²) in [6, 6.07) is 0.986. The van der Waals surface area contributed by atoms with Crippen molar-refractivity contribution in [2.45, 2.75) is 25.3 Å². The number of nitrogens with zero attached hydrogens (tertiary/aromatic N) is 1. The van der Waals surface area contributed by atoms with Gasteiger partial charge in [0.05, 0.1) is 13.2 Å². The Morgan fingerprint density at radius 1 is 1.43 bits per heavy atom. The van der Waals surface area contributed by atoms with Gasteiger partial charge in [0, 0.05) is 13.2 Å². The van der Waals surface area contributed by atoms with Crippen molar-refractivity contribution in [1.29, 1.82) is 0 Å². The van der Waals surface area contributed by atoms with Gasteiger partial charge in [-0.1, -0.05) is 0 Å². The van der Waals surface area contributed by atoms with Crippen molar-refractivity contribution in [1.82, 2.24) is 10.0 Å². The second kappa shape index (κ2) is 9.02. The van der Waals surface area contributed by atoms with Crippen LogP contribution in [0.2, 0.25) is 0 Å². The quantitative estimate of drug-likeness (QED) is 0.377. The van der Waals surface area contributed by atoms with Gasteiger partial charge in [0.25, 0.3) is 5.91 Å². The number of halogens is 1. The molecule has 2 amide bonds. The first-order valence-electron chi connectivity index (χ1n) is 9.09. The number of anilines is 1. The van der Waals surface area contributed by atoms with Gasteiger partial charge in [0.15, 0.2) is 12.6 Å². The molecule has 1 saturated heterocycles. The lowest BCUT2D eigenvalue weighted by molar-refractivity contribution is -0.117. The van der Waals surface area contributed by atoms with E-state index in [0.29, 0.717) is 29.3 Å². The molecule has 3 rings (SSSR count). The van der Waals surface area contributed by atoms with Gasteiger partial charge in [-0.25, -0.2) is 18.2 Å². The van der Waals surface area contributed by atoms with Gasteiger partial charge < -0.3 is 24.6 Å². The summed E-state index contributed by atoms with van der Waals surface area (Å²) in [7, 11) is -2.79. The lowest BCUT2D eigenvalue weighted by atomic mass is 9.87. The molecule has 0 unspecified atom stereocenters. The summed E-state index contributed by atoms with van der Waals surface area (Å²) < 4.78 is 58.1. The molecule has 30 heavy (non-hydrogen) atoms. The Labute approximate surface area is 172 Å². The first-order chi connectivity index (χ1) is 14.2. The molecule has 166 valence electrons. The van der Waals surface area contributed by atoms with E-state index >= 15 is 4.39 Å². The topological polar surface area (TPSA) is 143 Å². The minimum Gasteiger partial charge on any atom is -0.465 e. The number of benzene rings is 1. The highest BCUT2D eigenvalue weighted by molar-refractivity contribution is 7.92. The van der Waals surface area contributed by atoms with Gasteiger partial charge in [-0.3, -0.25) is 4.79 Å². The number of rotatable bonds is 8. The van der Waals surface area contributed by atoms with Crippen molar-refractivity contribution in [2.75, 3.05) is 38.0 Å². The zero-order valence-electron chi connectivity index (χ0n) is 16.1. The van der Waals surface area contributed by atoms with Crippen LogP contribution in [-0.2, 0) is 37.3 Å². The molecule has 2 aliphatic rings. The fourth-order valence-corrected chi connectivity index (χ4v) is 4.58. The van der Waals surface area contributed by atoms with Crippen LogP contribution in [0.25, 0.3) is 0 Å². The summed E-state index contributed by atoms with van der Waals surface area (Å²) in [6.07, 6.45) is -0.374. The first kappa shape index (κ1) is 22.1.